The third kappa shape index (κ3) is 4.99. The van der Waals surface area contributed by atoms with Crippen LogP contribution < -0.4 is 4.74 Å². The van der Waals surface area contributed by atoms with E-state index < -0.39 is 0 Å². The summed E-state index contributed by atoms with van der Waals surface area (Å²) < 4.78 is 5.24. The third-order valence-electron chi connectivity index (χ3n) is 5.97. The van der Waals surface area contributed by atoms with E-state index in [0.29, 0.717) is 26.1 Å². The van der Waals surface area contributed by atoms with Gasteiger partial charge in [-0.2, -0.15) is 0 Å². The molecule has 1 aromatic heterocycles. The number of amides is 2. The number of likely N-dealkylation sites (tertiary alicyclic amines) is 1. The summed E-state index contributed by atoms with van der Waals surface area (Å²) in [7, 11) is 1.64. The summed E-state index contributed by atoms with van der Waals surface area (Å²) >= 11 is 0. The molecule has 2 heterocycles. The van der Waals surface area contributed by atoms with Gasteiger partial charge >= 0.3 is 0 Å². The van der Waals surface area contributed by atoms with E-state index >= 15 is 0 Å². The van der Waals surface area contributed by atoms with Crippen LogP contribution in [0.25, 0.3) is 0 Å². The summed E-state index contributed by atoms with van der Waals surface area (Å²) in [5.74, 6) is 1.23. The van der Waals surface area contributed by atoms with Crippen molar-refractivity contribution in [3.8, 4) is 5.75 Å². The molecule has 2 amide bonds. The zero-order chi connectivity index (χ0) is 20.9. The highest BCUT2D eigenvalue weighted by Crippen LogP contribution is 2.34. The second-order valence-corrected chi connectivity index (χ2v) is 8.23. The van der Waals surface area contributed by atoms with Crippen molar-refractivity contribution in [1.29, 1.82) is 0 Å². The monoisotopic (exact) mass is 407 g/mol. The van der Waals surface area contributed by atoms with Crippen LogP contribution >= 0.6 is 0 Å². The summed E-state index contributed by atoms with van der Waals surface area (Å²) in [6.45, 7) is 1.78. The van der Waals surface area contributed by atoms with Crippen molar-refractivity contribution >= 4 is 11.8 Å². The molecule has 0 spiro atoms. The van der Waals surface area contributed by atoms with Crippen molar-refractivity contribution in [3.05, 3.63) is 59.9 Å². The lowest BCUT2D eigenvalue weighted by Gasteiger charge is -2.31. The molecule has 1 aliphatic carbocycles. The number of ether oxygens (including phenoxy) is 1. The van der Waals surface area contributed by atoms with Gasteiger partial charge in [-0.3, -0.25) is 14.6 Å². The van der Waals surface area contributed by atoms with E-state index in [0.717, 1.165) is 42.7 Å². The van der Waals surface area contributed by atoms with Gasteiger partial charge in [0.25, 0.3) is 0 Å². The van der Waals surface area contributed by atoms with E-state index in [4.69, 9.17) is 4.74 Å². The Bertz CT molecular complexity index is 865. The lowest BCUT2D eigenvalue weighted by atomic mass is 10.0. The van der Waals surface area contributed by atoms with E-state index in [9.17, 15) is 9.59 Å². The van der Waals surface area contributed by atoms with Crippen molar-refractivity contribution in [2.75, 3.05) is 13.7 Å². The normalized spacial score (nSPS) is 19.3. The van der Waals surface area contributed by atoms with E-state index in [1.807, 2.05) is 52.3 Å². The SMILES string of the molecule is COc1ccc(CN(C(=O)C2CC2)C2CCCN(Cc3ccccn3)C(=O)C2)cc1. The zero-order valence-electron chi connectivity index (χ0n) is 17.5. The van der Waals surface area contributed by atoms with Crippen LogP contribution in [0, 0.1) is 5.92 Å². The lowest BCUT2D eigenvalue weighted by molar-refractivity contribution is -0.138. The van der Waals surface area contributed by atoms with Crippen LogP contribution in [0.4, 0.5) is 0 Å². The van der Waals surface area contributed by atoms with Gasteiger partial charge in [0.05, 0.1) is 19.3 Å². The molecule has 6 heteroatoms. The first kappa shape index (κ1) is 20.4. The quantitative estimate of drug-likeness (QED) is 0.706. The number of carbonyl (C=O) groups is 2. The molecule has 1 saturated carbocycles. The number of aromatic nitrogens is 1. The van der Waals surface area contributed by atoms with Gasteiger partial charge < -0.3 is 14.5 Å². The summed E-state index contributed by atoms with van der Waals surface area (Å²) in [4.78, 5) is 34.3. The molecule has 30 heavy (non-hydrogen) atoms. The molecule has 2 aromatic rings. The van der Waals surface area contributed by atoms with Crippen LogP contribution in [0.2, 0.25) is 0 Å². The Morgan fingerprint density at radius 1 is 1.17 bits per heavy atom. The number of pyridine rings is 1. The van der Waals surface area contributed by atoms with E-state index in [2.05, 4.69) is 4.98 Å². The first-order valence-electron chi connectivity index (χ1n) is 10.7. The minimum Gasteiger partial charge on any atom is -0.497 e. The Kier molecular flexibility index (Phi) is 6.31. The lowest BCUT2D eigenvalue weighted by Crippen LogP contribution is -2.42. The highest BCUT2D eigenvalue weighted by Gasteiger charge is 2.38. The molecule has 0 N–H and O–H groups in total. The van der Waals surface area contributed by atoms with Gasteiger partial charge in [0.15, 0.2) is 0 Å². The number of hydrogen-bond donors (Lipinski definition) is 0. The van der Waals surface area contributed by atoms with Crippen molar-refractivity contribution in [2.24, 2.45) is 5.92 Å². The van der Waals surface area contributed by atoms with Crippen LogP contribution in [0.5, 0.6) is 5.75 Å². The van der Waals surface area contributed by atoms with Crippen molar-refractivity contribution < 1.29 is 14.3 Å². The minimum atomic E-state index is -0.0542. The van der Waals surface area contributed by atoms with Crippen LogP contribution in [0.15, 0.2) is 48.7 Å². The van der Waals surface area contributed by atoms with Gasteiger partial charge in [-0.25, -0.2) is 0 Å². The molecule has 2 aliphatic rings. The van der Waals surface area contributed by atoms with Crippen LogP contribution in [0.1, 0.15) is 43.4 Å². The van der Waals surface area contributed by atoms with Crippen molar-refractivity contribution in [3.63, 3.8) is 0 Å². The summed E-state index contributed by atoms with van der Waals surface area (Å²) in [5.41, 5.74) is 1.96. The molecule has 0 radical (unpaired) electrons. The predicted molar refractivity (Wildman–Crippen MR) is 114 cm³/mol. The standard InChI is InChI=1S/C24H29N3O3/c1-30-22-11-7-18(8-12-22)16-27(24(29)19-9-10-19)21-6-4-14-26(23(28)15-21)17-20-5-2-3-13-25-20/h2-3,5,7-8,11-13,19,21H,4,6,9-10,14-17H2,1H3. The Hall–Kier alpha value is -2.89. The summed E-state index contributed by atoms with van der Waals surface area (Å²) in [6.07, 6.45) is 5.79. The topological polar surface area (TPSA) is 62.7 Å². The van der Waals surface area contributed by atoms with Gasteiger partial charge in [0.1, 0.15) is 5.75 Å². The first-order chi connectivity index (χ1) is 14.6. The number of nitrogens with zero attached hydrogens (tertiary/aromatic N) is 3. The summed E-state index contributed by atoms with van der Waals surface area (Å²) in [6, 6.07) is 13.5. The molecule has 0 bridgehead atoms. The fourth-order valence-electron chi connectivity index (χ4n) is 4.08. The van der Waals surface area contributed by atoms with Crippen LogP contribution in [-0.2, 0) is 22.7 Å². The fourth-order valence-corrected chi connectivity index (χ4v) is 4.08. The molecule has 4 rings (SSSR count). The maximum Gasteiger partial charge on any atom is 0.226 e. The molecule has 1 unspecified atom stereocenters. The Labute approximate surface area is 177 Å². The molecular weight excluding hydrogens is 378 g/mol. The Morgan fingerprint density at radius 3 is 2.63 bits per heavy atom. The number of carbonyl (C=O) groups excluding carboxylic acids is 2. The van der Waals surface area contributed by atoms with Gasteiger partial charge in [0, 0.05) is 37.7 Å². The largest absolute Gasteiger partial charge is 0.497 e. The minimum absolute atomic E-state index is 0.0542. The number of methoxy groups -OCH3 is 1. The highest BCUT2D eigenvalue weighted by molar-refractivity contribution is 5.83. The highest BCUT2D eigenvalue weighted by atomic mass is 16.5. The van der Waals surface area contributed by atoms with Crippen LogP contribution in [-0.4, -0.2) is 46.3 Å². The van der Waals surface area contributed by atoms with Crippen molar-refractivity contribution in [2.45, 2.75) is 51.2 Å². The second-order valence-electron chi connectivity index (χ2n) is 8.23. The van der Waals surface area contributed by atoms with Crippen molar-refractivity contribution in [1.82, 2.24) is 14.8 Å². The Morgan fingerprint density at radius 2 is 1.97 bits per heavy atom. The average molecular weight is 408 g/mol. The number of benzene rings is 1. The predicted octanol–water partition coefficient (Wildman–Crippen LogP) is 3.41. The molecule has 1 atom stereocenters. The average Bonchev–Trinajstić information content (AvgIpc) is 3.63. The zero-order valence-corrected chi connectivity index (χ0v) is 17.5. The van der Waals surface area contributed by atoms with Gasteiger partial charge in [-0.05, 0) is 55.5 Å². The van der Waals surface area contributed by atoms with E-state index in [1.165, 1.54) is 0 Å². The van der Waals surface area contributed by atoms with Crippen LogP contribution in [0.3, 0.4) is 0 Å². The van der Waals surface area contributed by atoms with E-state index in [1.54, 1.807) is 13.3 Å². The van der Waals surface area contributed by atoms with Gasteiger partial charge in [-0.1, -0.05) is 18.2 Å². The third-order valence-corrected chi connectivity index (χ3v) is 5.97. The maximum absolute atomic E-state index is 13.1. The molecule has 158 valence electrons. The first-order valence-corrected chi connectivity index (χ1v) is 10.7. The fraction of sp³-hybridized carbons (Fsp3) is 0.458. The number of rotatable bonds is 7. The van der Waals surface area contributed by atoms with Gasteiger partial charge in [0.2, 0.25) is 11.8 Å². The molecule has 1 saturated heterocycles. The van der Waals surface area contributed by atoms with Gasteiger partial charge in [-0.15, -0.1) is 0 Å². The smallest absolute Gasteiger partial charge is 0.226 e. The molecule has 1 aliphatic heterocycles. The second kappa shape index (κ2) is 9.28. The Balaban J connectivity index is 1.47. The molecule has 6 nitrogen and oxygen atoms in total. The number of hydrogen-bond acceptors (Lipinski definition) is 4. The molecule has 2 fully saturated rings. The van der Waals surface area contributed by atoms with E-state index in [-0.39, 0.29) is 23.8 Å². The maximum atomic E-state index is 13.1. The molecule has 1 aromatic carbocycles. The molecular formula is C24H29N3O3. The summed E-state index contributed by atoms with van der Waals surface area (Å²) in [5, 5.41) is 0.